The summed E-state index contributed by atoms with van der Waals surface area (Å²) in [6.07, 6.45) is 0.157. The van der Waals surface area contributed by atoms with Crippen LogP contribution in [0.4, 0.5) is 0 Å². The molecule has 0 saturated carbocycles. The maximum atomic E-state index is 13.9. The van der Waals surface area contributed by atoms with E-state index in [0.29, 0.717) is 29.2 Å². The number of rotatable bonds is 0. The minimum atomic E-state index is -0.914. The quantitative estimate of drug-likeness (QED) is 0.708. The van der Waals surface area contributed by atoms with Gasteiger partial charge in [-0.2, -0.15) is 0 Å². The van der Waals surface area contributed by atoms with Gasteiger partial charge in [-0.15, -0.1) is 0 Å². The Bertz CT molecular complexity index is 1060. The van der Waals surface area contributed by atoms with Crippen LogP contribution in [-0.2, 0) is 16.7 Å². The molecule has 3 atom stereocenters. The molecular formula is C20H15NO6. The number of hydrogen-bond donors (Lipinski definition) is 0. The number of carbonyl (C=O) groups excluding carboxylic acids is 1. The van der Waals surface area contributed by atoms with E-state index in [1.807, 2.05) is 31.3 Å². The Labute approximate surface area is 154 Å². The first-order chi connectivity index (χ1) is 13.2. The normalized spacial score (nSPS) is 31.1. The zero-order valence-corrected chi connectivity index (χ0v) is 14.5. The third kappa shape index (κ3) is 1.41. The highest BCUT2D eigenvalue weighted by Crippen LogP contribution is 2.63. The lowest BCUT2D eigenvalue weighted by atomic mass is 9.77. The molecule has 5 aliphatic rings. The van der Waals surface area contributed by atoms with Crippen molar-refractivity contribution in [2.45, 2.75) is 24.3 Å². The average molecular weight is 365 g/mol. The lowest BCUT2D eigenvalue weighted by Crippen LogP contribution is -2.52. The van der Waals surface area contributed by atoms with Crippen molar-refractivity contribution < 1.29 is 28.5 Å². The second-order valence-electron chi connectivity index (χ2n) is 7.51. The third-order valence-electron chi connectivity index (χ3n) is 6.49. The second kappa shape index (κ2) is 4.37. The number of ether oxygens (including phenoxy) is 5. The standard InChI is InChI=1S/C20H15NO6/c1-21-15-5-9-4-13-14(25-7-24-13)6-11(9)20(21)18(22)16-10(19(20)27-15)2-3-12-17(16)26-8-23-12/h2-4,6,15,19H,5,7-8H2,1H3. The van der Waals surface area contributed by atoms with E-state index in [9.17, 15) is 4.79 Å². The maximum absolute atomic E-state index is 13.9. The summed E-state index contributed by atoms with van der Waals surface area (Å²) in [5, 5.41) is 0. The minimum Gasteiger partial charge on any atom is -0.454 e. The van der Waals surface area contributed by atoms with Crippen LogP contribution in [0.3, 0.4) is 0 Å². The number of benzene rings is 2. The lowest BCUT2D eigenvalue weighted by Gasteiger charge is -2.40. The number of fused-ring (bicyclic) bond motifs is 7. The summed E-state index contributed by atoms with van der Waals surface area (Å²) < 4.78 is 28.7. The number of ketones is 1. The molecule has 7 rings (SSSR count). The molecule has 2 bridgehead atoms. The summed E-state index contributed by atoms with van der Waals surface area (Å²) in [7, 11) is 1.96. The van der Waals surface area contributed by atoms with Crippen LogP contribution in [-0.4, -0.2) is 37.5 Å². The van der Waals surface area contributed by atoms with Crippen LogP contribution in [0.1, 0.15) is 33.2 Å². The first-order valence-corrected chi connectivity index (χ1v) is 8.98. The van der Waals surface area contributed by atoms with Gasteiger partial charge in [0.2, 0.25) is 13.6 Å². The average Bonchev–Trinajstić information content (AvgIpc) is 3.39. The van der Waals surface area contributed by atoms with E-state index in [1.165, 1.54) is 0 Å². The number of likely N-dealkylation sites (N-methyl/N-ethyl adjacent to an activating group) is 1. The van der Waals surface area contributed by atoms with Gasteiger partial charge in [0.15, 0.2) is 28.8 Å². The predicted molar refractivity (Wildman–Crippen MR) is 90.2 cm³/mol. The van der Waals surface area contributed by atoms with Crippen LogP contribution in [0.2, 0.25) is 0 Å². The third-order valence-corrected chi connectivity index (χ3v) is 6.49. The summed E-state index contributed by atoms with van der Waals surface area (Å²) >= 11 is 0. The first-order valence-electron chi connectivity index (χ1n) is 8.98. The van der Waals surface area contributed by atoms with Crippen LogP contribution >= 0.6 is 0 Å². The number of Topliss-reactive ketones (excluding diaryl/α,β-unsaturated/α-hetero) is 1. The molecule has 2 aromatic rings. The van der Waals surface area contributed by atoms with Gasteiger partial charge < -0.3 is 23.7 Å². The molecule has 0 amide bonds. The zero-order valence-electron chi connectivity index (χ0n) is 14.5. The van der Waals surface area contributed by atoms with Gasteiger partial charge in [-0.1, -0.05) is 6.07 Å². The van der Waals surface area contributed by atoms with E-state index < -0.39 is 5.54 Å². The van der Waals surface area contributed by atoms with Gasteiger partial charge >= 0.3 is 0 Å². The minimum absolute atomic E-state index is 0.00494. The maximum Gasteiger partial charge on any atom is 0.231 e. The van der Waals surface area contributed by atoms with E-state index in [4.69, 9.17) is 23.7 Å². The Hall–Kier alpha value is -2.77. The largest absolute Gasteiger partial charge is 0.454 e. The molecule has 0 N–H and O–H groups in total. The summed E-state index contributed by atoms with van der Waals surface area (Å²) in [6, 6.07) is 7.74. The van der Waals surface area contributed by atoms with Crippen molar-refractivity contribution in [1.29, 1.82) is 0 Å². The molecule has 136 valence electrons. The zero-order chi connectivity index (χ0) is 17.9. The molecule has 3 unspecified atom stereocenters. The number of hydrogen-bond acceptors (Lipinski definition) is 7. The Kier molecular flexibility index (Phi) is 2.32. The van der Waals surface area contributed by atoms with E-state index in [0.717, 1.165) is 22.4 Å². The van der Waals surface area contributed by atoms with E-state index in [-0.39, 0.29) is 31.7 Å². The van der Waals surface area contributed by atoms with Crippen LogP contribution in [0, 0.1) is 0 Å². The van der Waals surface area contributed by atoms with Crippen LogP contribution < -0.4 is 18.9 Å². The highest BCUT2D eigenvalue weighted by Gasteiger charge is 2.67. The molecule has 27 heavy (non-hydrogen) atoms. The van der Waals surface area contributed by atoms with Gasteiger partial charge in [-0.05, 0) is 41.9 Å². The van der Waals surface area contributed by atoms with Crippen molar-refractivity contribution in [3.8, 4) is 23.0 Å². The van der Waals surface area contributed by atoms with Crippen molar-refractivity contribution in [2.75, 3.05) is 20.6 Å². The molecule has 7 nitrogen and oxygen atoms in total. The van der Waals surface area contributed by atoms with Gasteiger partial charge in [-0.25, -0.2) is 0 Å². The second-order valence-corrected chi connectivity index (χ2v) is 7.51. The van der Waals surface area contributed by atoms with E-state index in [1.54, 1.807) is 0 Å². The van der Waals surface area contributed by atoms with Crippen LogP contribution in [0.5, 0.6) is 23.0 Å². The summed E-state index contributed by atoms with van der Waals surface area (Å²) in [5.74, 6) is 2.54. The Morgan fingerprint density at radius 2 is 1.81 bits per heavy atom. The summed E-state index contributed by atoms with van der Waals surface area (Å²) in [5.41, 5.74) is 2.53. The Morgan fingerprint density at radius 1 is 1.04 bits per heavy atom. The molecule has 1 spiro atoms. The predicted octanol–water partition coefficient (Wildman–Crippen LogP) is 2.12. The summed E-state index contributed by atoms with van der Waals surface area (Å²) in [4.78, 5) is 16.0. The van der Waals surface area contributed by atoms with E-state index in [2.05, 4.69) is 4.90 Å². The van der Waals surface area contributed by atoms with Crippen molar-refractivity contribution in [2.24, 2.45) is 0 Å². The van der Waals surface area contributed by atoms with Crippen molar-refractivity contribution in [3.05, 3.63) is 46.5 Å². The van der Waals surface area contributed by atoms with Gasteiger partial charge in [0.25, 0.3) is 0 Å². The molecule has 4 heterocycles. The topological polar surface area (TPSA) is 66.5 Å². The Balaban J connectivity index is 1.53. The molecular weight excluding hydrogens is 350 g/mol. The smallest absolute Gasteiger partial charge is 0.231 e. The fourth-order valence-corrected chi connectivity index (χ4v) is 5.30. The van der Waals surface area contributed by atoms with Crippen molar-refractivity contribution in [1.82, 2.24) is 4.90 Å². The van der Waals surface area contributed by atoms with Crippen LogP contribution in [0.15, 0.2) is 24.3 Å². The highest BCUT2D eigenvalue weighted by atomic mass is 16.7. The van der Waals surface area contributed by atoms with Crippen molar-refractivity contribution in [3.63, 3.8) is 0 Å². The molecule has 7 heteroatoms. The fraction of sp³-hybridized carbons (Fsp3) is 0.350. The first kappa shape index (κ1) is 14.3. The van der Waals surface area contributed by atoms with Crippen LogP contribution in [0.25, 0.3) is 0 Å². The molecule has 0 radical (unpaired) electrons. The lowest BCUT2D eigenvalue weighted by molar-refractivity contribution is 0.00689. The number of nitrogens with zero attached hydrogens (tertiary/aromatic N) is 1. The molecule has 1 aliphatic carbocycles. The fourth-order valence-electron chi connectivity index (χ4n) is 5.30. The molecule has 4 aliphatic heterocycles. The van der Waals surface area contributed by atoms with Gasteiger partial charge in [0.05, 0.1) is 5.56 Å². The molecule has 0 aromatic heterocycles. The molecule has 1 fully saturated rings. The van der Waals surface area contributed by atoms with Crippen molar-refractivity contribution >= 4 is 5.78 Å². The van der Waals surface area contributed by atoms with Gasteiger partial charge in [0.1, 0.15) is 17.9 Å². The summed E-state index contributed by atoms with van der Waals surface area (Å²) in [6.45, 7) is 0.336. The monoisotopic (exact) mass is 365 g/mol. The number of carbonyl (C=O) groups is 1. The van der Waals surface area contributed by atoms with Gasteiger partial charge in [-0.3, -0.25) is 9.69 Å². The Morgan fingerprint density at radius 3 is 2.70 bits per heavy atom. The molecule has 1 saturated heterocycles. The molecule has 2 aromatic carbocycles. The highest BCUT2D eigenvalue weighted by molar-refractivity contribution is 6.12. The SMILES string of the molecule is CN1C2Cc3cc4c(cc3C13C(=O)c1c(ccc5c1OCO5)C3O2)OCO4. The van der Waals surface area contributed by atoms with Gasteiger partial charge in [0, 0.05) is 6.42 Å². The van der Waals surface area contributed by atoms with E-state index >= 15 is 0 Å².